The Morgan fingerprint density at radius 1 is 1.00 bits per heavy atom. The van der Waals surface area contributed by atoms with Gasteiger partial charge in [-0.25, -0.2) is 0 Å². The second-order valence-electron chi connectivity index (χ2n) is 3.83. The highest BCUT2D eigenvalue weighted by Crippen LogP contribution is 2.16. The Labute approximate surface area is 81.5 Å². The van der Waals surface area contributed by atoms with Gasteiger partial charge in [0.25, 0.3) is 0 Å². The van der Waals surface area contributed by atoms with Gasteiger partial charge < -0.3 is 16.4 Å². The first kappa shape index (κ1) is 11.0. The zero-order valence-electron chi connectivity index (χ0n) is 8.52. The zero-order valence-corrected chi connectivity index (χ0v) is 8.52. The first-order valence-electron chi connectivity index (χ1n) is 5.57. The second kappa shape index (κ2) is 7.30. The molecule has 0 aromatic rings. The normalized spacial score (nSPS) is 19.2. The van der Waals surface area contributed by atoms with E-state index >= 15 is 0 Å². The highest BCUT2D eigenvalue weighted by molar-refractivity contribution is 4.71. The minimum absolute atomic E-state index is 0.740. The van der Waals surface area contributed by atoms with Crippen LogP contribution < -0.4 is 16.4 Å². The molecule has 0 aromatic heterocycles. The van der Waals surface area contributed by atoms with Crippen LogP contribution in [0.4, 0.5) is 0 Å². The van der Waals surface area contributed by atoms with Crippen LogP contribution in [-0.2, 0) is 0 Å². The Kier molecular flexibility index (Phi) is 6.15. The highest BCUT2D eigenvalue weighted by atomic mass is 15.0. The van der Waals surface area contributed by atoms with Crippen molar-refractivity contribution in [3.8, 4) is 0 Å². The van der Waals surface area contributed by atoms with Crippen molar-refractivity contribution in [1.82, 2.24) is 10.6 Å². The number of hydrogen-bond acceptors (Lipinski definition) is 3. The van der Waals surface area contributed by atoms with Crippen LogP contribution in [0, 0.1) is 0 Å². The first-order chi connectivity index (χ1) is 6.43. The van der Waals surface area contributed by atoms with Crippen molar-refractivity contribution in [3.63, 3.8) is 0 Å². The Balaban J connectivity index is 1.86. The fourth-order valence-electron chi connectivity index (χ4n) is 1.90. The molecule has 1 aliphatic rings. The van der Waals surface area contributed by atoms with Gasteiger partial charge in [-0.05, 0) is 12.8 Å². The largest absolute Gasteiger partial charge is 0.329 e. The van der Waals surface area contributed by atoms with E-state index in [1.807, 2.05) is 0 Å². The molecule has 0 atom stereocenters. The van der Waals surface area contributed by atoms with Crippen LogP contribution in [-0.4, -0.2) is 32.2 Å². The van der Waals surface area contributed by atoms with E-state index in [1.54, 1.807) is 0 Å². The molecule has 0 spiro atoms. The molecule has 0 saturated heterocycles. The van der Waals surface area contributed by atoms with Gasteiger partial charge >= 0.3 is 0 Å². The molecule has 0 amide bonds. The van der Waals surface area contributed by atoms with Crippen molar-refractivity contribution in [3.05, 3.63) is 0 Å². The Morgan fingerprint density at radius 3 is 2.46 bits per heavy atom. The van der Waals surface area contributed by atoms with Crippen molar-refractivity contribution < 1.29 is 0 Å². The van der Waals surface area contributed by atoms with Crippen molar-refractivity contribution in [2.45, 2.75) is 38.1 Å². The van der Waals surface area contributed by atoms with E-state index in [2.05, 4.69) is 10.6 Å². The minimum Gasteiger partial charge on any atom is -0.329 e. The SMILES string of the molecule is NCCNCCNC1CCCCC1. The van der Waals surface area contributed by atoms with Gasteiger partial charge in [-0.2, -0.15) is 0 Å². The predicted molar refractivity (Wildman–Crippen MR) is 56.8 cm³/mol. The zero-order chi connectivity index (χ0) is 9.36. The lowest BCUT2D eigenvalue weighted by Crippen LogP contribution is -2.37. The van der Waals surface area contributed by atoms with Crippen LogP contribution in [0.3, 0.4) is 0 Å². The number of hydrogen-bond donors (Lipinski definition) is 3. The van der Waals surface area contributed by atoms with E-state index in [-0.39, 0.29) is 0 Å². The molecule has 3 nitrogen and oxygen atoms in total. The molecular formula is C10H23N3. The fraction of sp³-hybridized carbons (Fsp3) is 1.00. The fourth-order valence-corrected chi connectivity index (χ4v) is 1.90. The van der Waals surface area contributed by atoms with Gasteiger partial charge in [-0.15, -0.1) is 0 Å². The summed E-state index contributed by atoms with van der Waals surface area (Å²) >= 11 is 0. The predicted octanol–water partition coefficient (Wildman–Crippen LogP) is 0.457. The van der Waals surface area contributed by atoms with Crippen LogP contribution in [0.25, 0.3) is 0 Å². The monoisotopic (exact) mass is 185 g/mol. The standard InChI is InChI=1S/C10H23N3/c11-6-7-12-8-9-13-10-4-2-1-3-5-10/h10,12-13H,1-9,11H2. The molecule has 13 heavy (non-hydrogen) atoms. The maximum atomic E-state index is 5.37. The second-order valence-corrected chi connectivity index (χ2v) is 3.83. The van der Waals surface area contributed by atoms with Gasteiger partial charge in [0.05, 0.1) is 0 Å². The van der Waals surface area contributed by atoms with E-state index in [0.29, 0.717) is 0 Å². The highest BCUT2D eigenvalue weighted by Gasteiger charge is 2.11. The lowest BCUT2D eigenvalue weighted by molar-refractivity contribution is 0.373. The lowest BCUT2D eigenvalue weighted by Gasteiger charge is -2.22. The molecule has 0 unspecified atom stereocenters. The van der Waals surface area contributed by atoms with Crippen LogP contribution in [0.2, 0.25) is 0 Å². The third kappa shape index (κ3) is 5.24. The average molecular weight is 185 g/mol. The number of nitrogens with two attached hydrogens (primary N) is 1. The summed E-state index contributed by atoms with van der Waals surface area (Å²) in [4.78, 5) is 0. The molecular weight excluding hydrogens is 162 g/mol. The van der Waals surface area contributed by atoms with E-state index in [4.69, 9.17) is 5.73 Å². The van der Waals surface area contributed by atoms with Crippen molar-refractivity contribution in [1.29, 1.82) is 0 Å². The van der Waals surface area contributed by atoms with E-state index < -0.39 is 0 Å². The van der Waals surface area contributed by atoms with Crippen LogP contribution >= 0.6 is 0 Å². The third-order valence-corrected chi connectivity index (χ3v) is 2.66. The van der Waals surface area contributed by atoms with Crippen molar-refractivity contribution in [2.24, 2.45) is 5.73 Å². The van der Waals surface area contributed by atoms with Crippen molar-refractivity contribution in [2.75, 3.05) is 26.2 Å². The van der Waals surface area contributed by atoms with Gasteiger partial charge in [-0.1, -0.05) is 19.3 Å². The summed E-state index contributed by atoms with van der Waals surface area (Å²) < 4.78 is 0. The summed E-state index contributed by atoms with van der Waals surface area (Å²) in [5.41, 5.74) is 5.37. The summed E-state index contributed by atoms with van der Waals surface area (Å²) in [6.07, 6.45) is 7.00. The molecule has 1 aliphatic carbocycles. The summed E-state index contributed by atoms with van der Waals surface area (Å²) in [5, 5.41) is 6.86. The quantitative estimate of drug-likeness (QED) is 0.527. The van der Waals surface area contributed by atoms with Crippen LogP contribution in [0.5, 0.6) is 0 Å². The molecule has 4 N–H and O–H groups in total. The van der Waals surface area contributed by atoms with Gasteiger partial charge in [0.15, 0.2) is 0 Å². The summed E-state index contributed by atoms with van der Waals surface area (Å²) in [5.74, 6) is 0. The van der Waals surface area contributed by atoms with Gasteiger partial charge in [0, 0.05) is 32.2 Å². The van der Waals surface area contributed by atoms with Gasteiger partial charge in [-0.3, -0.25) is 0 Å². The number of nitrogens with one attached hydrogen (secondary N) is 2. The molecule has 1 rings (SSSR count). The Morgan fingerprint density at radius 2 is 1.77 bits per heavy atom. The van der Waals surface area contributed by atoms with E-state index in [9.17, 15) is 0 Å². The lowest BCUT2D eigenvalue weighted by atomic mass is 9.95. The molecule has 0 radical (unpaired) electrons. The summed E-state index contributed by atoms with van der Waals surface area (Å²) in [6, 6.07) is 0.786. The Bertz CT molecular complexity index is 111. The van der Waals surface area contributed by atoms with E-state index in [1.165, 1.54) is 32.1 Å². The maximum Gasteiger partial charge on any atom is 0.00793 e. The first-order valence-corrected chi connectivity index (χ1v) is 5.57. The molecule has 0 aliphatic heterocycles. The Hall–Kier alpha value is -0.120. The molecule has 0 heterocycles. The summed E-state index contributed by atoms with van der Waals surface area (Å²) in [7, 11) is 0. The topological polar surface area (TPSA) is 50.1 Å². The maximum absolute atomic E-state index is 5.37. The molecule has 0 bridgehead atoms. The molecule has 1 saturated carbocycles. The smallest absolute Gasteiger partial charge is 0.00793 e. The average Bonchev–Trinajstić information content (AvgIpc) is 2.19. The van der Waals surface area contributed by atoms with Crippen LogP contribution in [0.1, 0.15) is 32.1 Å². The minimum atomic E-state index is 0.740. The number of rotatable bonds is 6. The van der Waals surface area contributed by atoms with Gasteiger partial charge in [0.1, 0.15) is 0 Å². The molecule has 78 valence electrons. The molecule has 1 fully saturated rings. The van der Waals surface area contributed by atoms with E-state index in [0.717, 1.165) is 32.2 Å². The summed E-state index contributed by atoms with van der Waals surface area (Å²) in [6.45, 7) is 3.81. The van der Waals surface area contributed by atoms with Crippen LogP contribution in [0.15, 0.2) is 0 Å². The third-order valence-electron chi connectivity index (χ3n) is 2.66. The molecule has 3 heteroatoms. The van der Waals surface area contributed by atoms with Crippen molar-refractivity contribution >= 4 is 0 Å². The van der Waals surface area contributed by atoms with Gasteiger partial charge in [0.2, 0.25) is 0 Å². The molecule has 0 aromatic carbocycles.